The van der Waals surface area contributed by atoms with Gasteiger partial charge in [0.25, 0.3) is 0 Å². The first-order chi connectivity index (χ1) is 9.08. The lowest BCUT2D eigenvalue weighted by Crippen LogP contribution is -2.27. The summed E-state index contributed by atoms with van der Waals surface area (Å²) in [6.45, 7) is 9.32. The van der Waals surface area contributed by atoms with Gasteiger partial charge in [0.2, 0.25) is 0 Å². The number of benzene rings is 1. The summed E-state index contributed by atoms with van der Waals surface area (Å²) in [6.07, 6.45) is 1.45. The summed E-state index contributed by atoms with van der Waals surface area (Å²) in [4.78, 5) is 2.52. The molecule has 3 nitrogen and oxygen atoms in total. The highest BCUT2D eigenvalue weighted by molar-refractivity contribution is 5.28. The normalized spacial score (nSPS) is 24.1. The highest BCUT2D eigenvalue weighted by atomic mass is 16.5. The van der Waals surface area contributed by atoms with Gasteiger partial charge in [-0.3, -0.25) is 4.90 Å². The fourth-order valence-corrected chi connectivity index (χ4v) is 2.83. The van der Waals surface area contributed by atoms with Crippen molar-refractivity contribution in [3.8, 4) is 5.75 Å². The second-order valence-corrected chi connectivity index (χ2v) is 5.93. The molecule has 0 radical (unpaired) electrons. The van der Waals surface area contributed by atoms with Crippen molar-refractivity contribution in [2.75, 3.05) is 13.1 Å². The average Bonchev–Trinajstić information content (AvgIpc) is 2.70. The Balaban J connectivity index is 1.99. The number of ether oxygens (including phenoxy) is 1. The van der Waals surface area contributed by atoms with E-state index >= 15 is 0 Å². The molecule has 106 valence electrons. The molecule has 2 atom stereocenters. The number of nitrogens with zero attached hydrogens (tertiary/aromatic N) is 1. The lowest BCUT2D eigenvalue weighted by molar-refractivity contribution is 0.239. The van der Waals surface area contributed by atoms with Crippen LogP contribution in [0.4, 0.5) is 0 Å². The van der Waals surface area contributed by atoms with Crippen molar-refractivity contribution in [1.82, 2.24) is 4.90 Å². The topological polar surface area (TPSA) is 38.5 Å². The predicted molar refractivity (Wildman–Crippen MR) is 79.2 cm³/mol. The number of hydrogen-bond donors (Lipinski definition) is 1. The van der Waals surface area contributed by atoms with E-state index in [-0.39, 0.29) is 6.10 Å². The van der Waals surface area contributed by atoms with Gasteiger partial charge in [0.15, 0.2) is 0 Å². The SMILES string of the molecule is CC(C)Oc1cccc(CN2CC(CN)CC2C)c1. The van der Waals surface area contributed by atoms with Crippen LogP contribution in [0.3, 0.4) is 0 Å². The molecular formula is C16H26N2O. The van der Waals surface area contributed by atoms with Crippen molar-refractivity contribution in [3.05, 3.63) is 29.8 Å². The Kier molecular flexibility index (Phi) is 4.83. The molecule has 2 rings (SSSR count). The fraction of sp³-hybridized carbons (Fsp3) is 0.625. The number of rotatable bonds is 5. The molecular weight excluding hydrogens is 236 g/mol. The molecule has 0 aliphatic carbocycles. The molecule has 0 bridgehead atoms. The zero-order chi connectivity index (χ0) is 13.8. The maximum atomic E-state index is 5.78. The highest BCUT2D eigenvalue weighted by Gasteiger charge is 2.27. The molecule has 19 heavy (non-hydrogen) atoms. The molecule has 1 aromatic carbocycles. The standard InChI is InChI=1S/C16H26N2O/c1-12(2)19-16-6-4-5-14(8-16)10-18-11-15(9-17)7-13(18)3/h4-6,8,12-13,15H,7,9-11,17H2,1-3H3. The highest BCUT2D eigenvalue weighted by Crippen LogP contribution is 2.25. The van der Waals surface area contributed by atoms with Crippen molar-refractivity contribution in [1.29, 1.82) is 0 Å². The van der Waals surface area contributed by atoms with Gasteiger partial charge >= 0.3 is 0 Å². The summed E-state index contributed by atoms with van der Waals surface area (Å²) in [5.41, 5.74) is 7.11. The Bertz CT molecular complexity index is 405. The number of likely N-dealkylation sites (tertiary alicyclic amines) is 1. The Labute approximate surface area is 116 Å². The van der Waals surface area contributed by atoms with Crippen molar-refractivity contribution < 1.29 is 4.74 Å². The molecule has 2 N–H and O–H groups in total. The minimum atomic E-state index is 0.225. The molecule has 1 fully saturated rings. The van der Waals surface area contributed by atoms with Crippen LogP contribution in [-0.2, 0) is 6.54 Å². The smallest absolute Gasteiger partial charge is 0.120 e. The molecule has 1 aromatic rings. The Morgan fingerprint density at radius 3 is 2.84 bits per heavy atom. The minimum absolute atomic E-state index is 0.225. The average molecular weight is 262 g/mol. The summed E-state index contributed by atoms with van der Waals surface area (Å²) in [7, 11) is 0. The molecule has 2 unspecified atom stereocenters. The van der Waals surface area contributed by atoms with E-state index < -0.39 is 0 Å². The zero-order valence-electron chi connectivity index (χ0n) is 12.3. The van der Waals surface area contributed by atoms with Crippen LogP contribution < -0.4 is 10.5 Å². The first-order valence-corrected chi connectivity index (χ1v) is 7.28. The van der Waals surface area contributed by atoms with Crippen LogP contribution in [0.15, 0.2) is 24.3 Å². The van der Waals surface area contributed by atoms with Crippen molar-refractivity contribution in [2.24, 2.45) is 11.7 Å². The van der Waals surface area contributed by atoms with Crippen molar-refractivity contribution >= 4 is 0 Å². The second kappa shape index (κ2) is 6.40. The van der Waals surface area contributed by atoms with Gasteiger partial charge in [0.1, 0.15) is 5.75 Å². The molecule has 1 aliphatic rings. The molecule has 1 saturated heterocycles. The van der Waals surface area contributed by atoms with Crippen LogP contribution in [0, 0.1) is 5.92 Å². The third-order valence-electron chi connectivity index (χ3n) is 3.78. The summed E-state index contributed by atoms with van der Waals surface area (Å²) < 4.78 is 5.75. The van der Waals surface area contributed by atoms with E-state index in [2.05, 4.69) is 43.9 Å². The van der Waals surface area contributed by atoms with Crippen LogP contribution in [0.2, 0.25) is 0 Å². The third-order valence-corrected chi connectivity index (χ3v) is 3.78. The van der Waals surface area contributed by atoms with E-state index in [0.717, 1.165) is 25.4 Å². The van der Waals surface area contributed by atoms with Gasteiger partial charge in [0.05, 0.1) is 6.10 Å². The van der Waals surface area contributed by atoms with E-state index in [0.29, 0.717) is 12.0 Å². The van der Waals surface area contributed by atoms with Crippen molar-refractivity contribution in [3.63, 3.8) is 0 Å². The number of nitrogens with two attached hydrogens (primary N) is 1. The zero-order valence-corrected chi connectivity index (χ0v) is 12.3. The quantitative estimate of drug-likeness (QED) is 0.886. The molecule has 0 spiro atoms. The lowest BCUT2D eigenvalue weighted by atomic mass is 10.1. The third kappa shape index (κ3) is 3.95. The lowest BCUT2D eigenvalue weighted by Gasteiger charge is -2.21. The largest absolute Gasteiger partial charge is 0.491 e. The summed E-state index contributed by atoms with van der Waals surface area (Å²) >= 11 is 0. The predicted octanol–water partition coefficient (Wildman–Crippen LogP) is 2.64. The van der Waals surface area contributed by atoms with Gasteiger partial charge in [-0.1, -0.05) is 12.1 Å². The van der Waals surface area contributed by atoms with Gasteiger partial charge in [-0.2, -0.15) is 0 Å². The molecule has 3 heteroatoms. The Morgan fingerprint density at radius 2 is 2.21 bits per heavy atom. The van der Waals surface area contributed by atoms with Crippen LogP contribution in [0.5, 0.6) is 5.75 Å². The second-order valence-electron chi connectivity index (χ2n) is 5.93. The van der Waals surface area contributed by atoms with E-state index in [1.54, 1.807) is 0 Å². The van der Waals surface area contributed by atoms with E-state index in [9.17, 15) is 0 Å². The fourth-order valence-electron chi connectivity index (χ4n) is 2.83. The van der Waals surface area contributed by atoms with Crippen LogP contribution in [0.25, 0.3) is 0 Å². The Morgan fingerprint density at radius 1 is 1.42 bits per heavy atom. The van der Waals surface area contributed by atoms with E-state index in [4.69, 9.17) is 10.5 Å². The van der Waals surface area contributed by atoms with Crippen LogP contribution >= 0.6 is 0 Å². The minimum Gasteiger partial charge on any atom is -0.491 e. The first-order valence-electron chi connectivity index (χ1n) is 7.28. The van der Waals surface area contributed by atoms with Gasteiger partial charge in [-0.15, -0.1) is 0 Å². The maximum absolute atomic E-state index is 5.78. The van der Waals surface area contributed by atoms with E-state index in [1.165, 1.54) is 12.0 Å². The Hall–Kier alpha value is -1.06. The summed E-state index contributed by atoms with van der Waals surface area (Å²) in [5.74, 6) is 1.62. The van der Waals surface area contributed by atoms with Crippen molar-refractivity contribution in [2.45, 2.75) is 45.9 Å². The summed E-state index contributed by atoms with van der Waals surface area (Å²) in [5, 5.41) is 0. The molecule has 1 aliphatic heterocycles. The molecule has 0 saturated carbocycles. The molecule has 0 amide bonds. The monoisotopic (exact) mass is 262 g/mol. The van der Waals surface area contributed by atoms with Gasteiger partial charge in [0, 0.05) is 19.1 Å². The summed E-state index contributed by atoms with van der Waals surface area (Å²) in [6, 6.07) is 9.06. The maximum Gasteiger partial charge on any atom is 0.120 e. The molecule has 0 aromatic heterocycles. The van der Waals surface area contributed by atoms with Gasteiger partial charge in [-0.05, 0) is 57.4 Å². The number of hydrogen-bond acceptors (Lipinski definition) is 3. The molecule has 1 heterocycles. The van der Waals surface area contributed by atoms with E-state index in [1.807, 2.05) is 6.07 Å². The van der Waals surface area contributed by atoms with Crippen LogP contribution in [-0.4, -0.2) is 30.1 Å². The van der Waals surface area contributed by atoms with Crippen LogP contribution in [0.1, 0.15) is 32.8 Å². The van der Waals surface area contributed by atoms with Gasteiger partial charge in [-0.25, -0.2) is 0 Å². The first kappa shape index (κ1) is 14.4. The van der Waals surface area contributed by atoms with Gasteiger partial charge < -0.3 is 10.5 Å².